The van der Waals surface area contributed by atoms with Crippen molar-refractivity contribution in [3.8, 4) is 0 Å². The largest absolute Gasteiger partial charge is 0.469 e. The maximum atomic E-state index is 12.2. The first-order valence-electron chi connectivity index (χ1n) is 16.3. The quantitative estimate of drug-likeness (QED) is 0.0251. The monoisotopic (exact) mass is 652 g/mol. The number of esters is 2. The van der Waals surface area contributed by atoms with Gasteiger partial charge in [0.15, 0.2) is 6.10 Å². The topological polar surface area (TPSA) is 140 Å². The SMILES string of the molecule is CC/C=C\C/C=C\C/C=C\C/C=C\C/C=C\C=C/C(O)CCC(=O)OC[C@H](COP(=O)(O)O)OC(=O)CCCCCCCCC. The Labute approximate surface area is 271 Å². The summed E-state index contributed by atoms with van der Waals surface area (Å²) in [6.45, 7) is 3.25. The van der Waals surface area contributed by atoms with Gasteiger partial charge in [-0.1, -0.05) is 125 Å². The van der Waals surface area contributed by atoms with Crippen molar-refractivity contribution in [2.24, 2.45) is 0 Å². The Morgan fingerprint density at radius 2 is 1.24 bits per heavy atom. The second-order valence-electron chi connectivity index (χ2n) is 10.6. The van der Waals surface area contributed by atoms with Gasteiger partial charge in [0.25, 0.3) is 0 Å². The molecule has 0 spiro atoms. The molecule has 45 heavy (non-hydrogen) atoms. The van der Waals surface area contributed by atoms with E-state index in [1.165, 1.54) is 19.3 Å². The molecule has 0 fully saturated rings. The minimum Gasteiger partial charge on any atom is -0.462 e. The zero-order valence-corrected chi connectivity index (χ0v) is 28.2. The fourth-order valence-corrected chi connectivity index (χ4v) is 4.25. The fraction of sp³-hybridized carbons (Fsp3) is 0.600. The smallest absolute Gasteiger partial charge is 0.462 e. The summed E-state index contributed by atoms with van der Waals surface area (Å²) < 4.78 is 25.9. The highest BCUT2D eigenvalue weighted by molar-refractivity contribution is 7.46. The van der Waals surface area contributed by atoms with E-state index in [1.54, 1.807) is 12.2 Å². The molecule has 0 saturated carbocycles. The third-order valence-electron chi connectivity index (χ3n) is 6.36. The van der Waals surface area contributed by atoms with Crippen molar-refractivity contribution >= 4 is 19.8 Å². The summed E-state index contributed by atoms with van der Waals surface area (Å²) in [6.07, 6.45) is 34.2. The van der Waals surface area contributed by atoms with E-state index in [0.29, 0.717) is 6.42 Å². The number of carbonyl (C=O) groups excluding carboxylic acids is 2. The maximum Gasteiger partial charge on any atom is 0.469 e. The summed E-state index contributed by atoms with van der Waals surface area (Å²) in [4.78, 5) is 42.3. The second-order valence-corrected chi connectivity index (χ2v) is 11.8. The van der Waals surface area contributed by atoms with E-state index in [-0.39, 0.29) is 19.3 Å². The van der Waals surface area contributed by atoms with Crippen molar-refractivity contribution in [2.75, 3.05) is 13.2 Å². The molecule has 2 atom stereocenters. The number of hydrogen-bond donors (Lipinski definition) is 3. The molecule has 0 heterocycles. The maximum absolute atomic E-state index is 12.2. The van der Waals surface area contributed by atoms with Crippen LogP contribution in [-0.2, 0) is 28.2 Å². The Morgan fingerprint density at radius 1 is 0.689 bits per heavy atom. The average Bonchev–Trinajstić information content (AvgIpc) is 3.00. The van der Waals surface area contributed by atoms with E-state index < -0.39 is 45.2 Å². The van der Waals surface area contributed by atoms with Crippen LogP contribution in [0.15, 0.2) is 72.9 Å². The summed E-state index contributed by atoms with van der Waals surface area (Å²) in [5, 5.41) is 10.1. The number of carbonyl (C=O) groups is 2. The Bertz CT molecular complexity index is 976. The van der Waals surface area contributed by atoms with Crippen LogP contribution < -0.4 is 0 Å². The van der Waals surface area contributed by atoms with Crippen LogP contribution >= 0.6 is 7.82 Å². The highest BCUT2D eigenvalue weighted by atomic mass is 31.2. The van der Waals surface area contributed by atoms with Gasteiger partial charge in [-0.2, -0.15) is 0 Å². The second kappa shape index (κ2) is 30.1. The third-order valence-corrected chi connectivity index (χ3v) is 6.84. The Kier molecular flexibility index (Phi) is 28.4. The van der Waals surface area contributed by atoms with Gasteiger partial charge in [-0.15, -0.1) is 0 Å². The number of aliphatic hydroxyl groups excluding tert-OH is 1. The van der Waals surface area contributed by atoms with Crippen LogP contribution in [-0.4, -0.2) is 52.3 Å². The molecule has 9 nitrogen and oxygen atoms in total. The van der Waals surface area contributed by atoms with Gasteiger partial charge in [0, 0.05) is 12.8 Å². The number of unbranched alkanes of at least 4 members (excludes halogenated alkanes) is 6. The minimum absolute atomic E-state index is 0.0881. The summed E-state index contributed by atoms with van der Waals surface area (Å²) in [5.41, 5.74) is 0. The van der Waals surface area contributed by atoms with E-state index in [2.05, 4.69) is 67.0 Å². The first-order valence-corrected chi connectivity index (χ1v) is 17.9. The van der Waals surface area contributed by atoms with Crippen molar-refractivity contribution in [1.82, 2.24) is 0 Å². The Hall–Kier alpha value is -2.55. The van der Waals surface area contributed by atoms with E-state index in [9.17, 15) is 19.3 Å². The Balaban J connectivity index is 4.27. The van der Waals surface area contributed by atoms with Gasteiger partial charge in [0.2, 0.25) is 0 Å². The number of rotatable bonds is 28. The van der Waals surface area contributed by atoms with Crippen LogP contribution in [0.1, 0.15) is 110 Å². The lowest BCUT2D eigenvalue weighted by molar-refractivity contribution is -0.161. The summed E-state index contributed by atoms with van der Waals surface area (Å²) in [6, 6.07) is 0. The lowest BCUT2D eigenvalue weighted by Crippen LogP contribution is -2.29. The molecule has 0 aromatic heterocycles. The molecule has 0 aliphatic carbocycles. The highest BCUT2D eigenvalue weighted by Crippen LogP contribution is 2.35. The van der Waals surface area contributed by atoms with Gasteiger partial charge in [-0.05, 0) is 44.9 Å². The van der Waals surface area contributed by atoms with E-state index in [4.69, 9.17) is 19.3 Å². The summed E-state index contributed by atoms with van der Waals surface area (Å²) in [7, 11) is -4.80. The summed E-state index contributed by atoms with van der Waals surface area (Å²) in [5.74, 6) is -1.18. The van der Waals surface area contributed by atoms with E-state index in [1.807, 2.05) is 12.2 Å². The standard InChI is InChI=1S/C35H57O9P/c1-3-5-7-9-11-12-13-14-15-16-17-18-19-21-22-24-26-32(36)28-29-34(37)42-30-33(31-43-45(39,40)41)44-35(38)27-25-23-20-10-8-6-4-2/h5,7,11-12,14-15,17-18,21-22,24,26,32-33,36H,3-4,6,8-10,13,16,19-20,23,25,27-31H2,1-2H3,(H2,39,40,41)/b7-5-,12-11-,15-14-,18-17-,22-21-,26-24-/t32?,33-/m1/s1. The average molecular weight is 653 g/mol. The number of hydrogen-bond acceptors (Lipinski definition) is 7. The number of aliphatic hydroxyl groups is 1. The van der Waals surface area contributed by atoms with Gasteiger partial charge in [-0.3, -0.25) is 14.1 Å². The molecule has 0 aromatic rings. The van der Waals surface area contributed by atoms with Crippen LogP contribution in [0.4, 0.5) is 0 Å². The number of ether oxygens (including phenoxy) is 2. The molecule has 10 heteroatoms. The fourth-order valence-electron chi connectivity index (χ4n) is 3.89. The molecule has 0 bridgehead atoms. The van der Waals surface area contributed by atoms with Crippen LogP contribution in [0.25, 0.3) is 0 Å². The molecule has 0 aromatic carbocycles. The number of phosphoric acid groups is 1. The molecule has 0 rings (SSSR count). The number of phosphoric ester groups is 1. The highest BCUT2D eigenvalue weighted by Gasteiger charge is 2.23. The molecule has 0 saturated heterocycles. The molecule has 0 aliphatic rings. The molecule has 0 aliphatic heterocycles. The molecule has 3 N–H and O–H groups in total. The molecule has 0 amide bonds. The van der Waals surface area contributed by atoms with Crippen LogP contribution in [0, 0.1) is 0 Å². The lowest BCUT2D eigenvalue weighted by Gasteiger charge is -2.18. The first-order chi connectivity index (χ1) is 21.7. The van der Waals surface area contributed by atoms with E-state index >= 15 is 0 Å². The van der Waals surface area contributed by atoms with Crippen molar-refractivity contribution in [3.05, 3.63) is 72.9 Å². The van der Waals surface area contributed by atoms with Gasteiger partial charge < -0.3 is 24.4 Å². The molecule has 0 radical (unpaired) electrons. The van der Waals surface area contributed by atoms with Crippen LogP contribution in [0.5, 0.6) is 0 Å². The van der Waals surface area contributed by atoms with Crippen molar-refractivity contribution in [3.63, 3.8) is 0 Å². The molecular formula is C35H57O9P. The molecule has 1 unspecified atom stereocenters. The third kappa shape index (κ3) is 32.6. The normalized spacial score (nSPS) is 14.2. The van der Waals surface area contributed by atoms with Crippen molar-refractivity contribution < 1.29 is 43.0 Å². The van der Waals surface area contributed by atoms with Gasteiger partial charge >= 0.3 is 19.8 Å². The molecule has 256 valence electrons. The van der Waals surface area contributed by atoms with Gasteiger partial charge in [-0.25, -0.2) is 4.57 Å². The first kappa shape index (κ1) is 42.5. The zero-order valence-electron chi connectivity index (χ0n) is 27.3. The van der Waals surface area contributed by atoms with Crippen molar-refractivity contribution in [1.29, 1.82) is 0 Å². The molecular weight excluding hydrogens is 595 g/mol. The van der Waals surface area contributed by atoms with Crippen LogP contribution in [0.2, 0.25) is 0 Å². The van der Waals surface area contributed by atoms with Gasteiger partial charge in [0.05, 0.1) is 12.7 Å². The van der Waals surface area contributed by atoms with Crippen molar-refractivity contribution in [2.45, 2.75) is 122 Å². The predicted octanol–water partition coefficient (Wildman–Crippen LogP) is 8.14. The lowest BCUT2D eigenvalue weighted by atomic mass is 10.1. The number of allylic oxidation sites excluding steroid dienone is 11. The van der Waals surface area contributed by atoms with Gasteiger partial charge in [0.1, 0.15) is 6.61 Å². The van der Waals surface area contributed by atoms with E-state index in [0.717, 1.165) is 51.4 Å². The predicted molar refractivity (Wildman–Crippen MR) is 180 cm³/mol. The minimum atomic E-state index is -4.80. The zero-order chi connectivity index (χ0) is 33.4. The summed E-state index contributed by atoms with van der Waals surface area (Å²) >= 11 is 0. The van der Waals surface area contributed by atoms with Crippen LogP contribution in [0.3, 0.4) is 0 Å². The Morgan fingerprint density at radius 3 is 1.82 bits per heavy atom.